The Kier molecular flexibility index (Phi) is 2.59. The van der Waals surface area contributed by atoms with Gasteiger partial charge in [0.1, 0.15) is 5.82 Å². The van der Waals surface area contributed by atoms with Crippen LogP contribution in [0.15, 0.2) is 6.07 Å². The summed E-state index contributed by atoms with van der Waals surface area (Å²) in [7, 11) is 0. The summed E-state index contributed by atoms with van der Waals surface area (Å²) in [6, 6.07) is 1.55. The number of fused-ring (bicyclic) bond motifs is 1. The smallest absolute Gasteiger partial charge is 0.163 e. The first-order valence-electron chi connectivity index (χ1n) is 5.43. The molecule has 0 aromatic heterocycles. The van der Waals surface area contributed by atoms with Crippen LogP contribution in [0.3, 0.4) is 0 Å². The minimum atomic E-state index is -0.249. The topological polar surface area (TPSA) is 17.1 Å². The van der Waals surface area contributed by atoms with Crippen molar-refractivity contribution in [1.29, 1.82) is 0 Å². The third kappa shape index (κ3) is 1.69. The molecule has 0 radical (unpaired) electrons. The van der Waals surface area contributed by atoms with Gasteiger partial charge in [0.2, 0.25) is 0 Å². The summed E-state index contributed by atoms with van der Waals surface area (Å²) in [4.78, 5) is 11.9. The number of hydrogen-bond donors (Lipinski definition) is 0. The van der Waals surface area contributed by atoms with Gasteiger partial charge in [0.25, 0.3) is 0 Å². The first kappa shape index (κ1) is 10.3. The summed E-state index contributed by atoms with van der Waals surface area (Å²) in [5.74, 6) is -0.135. The van der Waals surface area contributed by atoms with E-state index < -0.39 is 0 Å². The third-order valence-electron chi connectivity index (χ3n) is 3.21. The Labute approximate surface area is 89.3 Å². The second-order valence-corrected chi connectivity index (χ2v) is 4.28. The van der Waals surface area contributed by atoms with Crippen LogP contribution in [0.5, 0.6) is 0 Å². The molecule has 80 valence electrons. The number of carbonyl (C=O) groups is 1. The number of rotatable bonds is 0. The van der Waals surface area contributed by atoms with Crippen molar-refractivity contribution in [3.05, 3.63) is 34.1 Å². The Morgan fingerprint density at radius 1 is 1.20 bits per heavy atom. The minimum absolute atomic E-state index is 0.114. The highest BCUT2D eigenvalue weighted by Gasteiger charge is 2.21. The second-order valence-electron chi connectivity index (χ2n) is 4.28. The summed E-state index contributed by atoms with van der Waals surface area (Å²) in [6.45, 7) is 3.59. The van der Waals surface area contributed by atoms with Crippen LogP contribution in [0.25, 0.3) is 0 Å². The lowest BCUT2D eigenvalue weighted by Gasteiger charge is -2.12. The van der Waals surface area contributed by atoms with E-state index in [9.17, 15) is 9.18 Å². The van der Waals surface area contributed by atoms with Gasteiger partial charge >= 0.3 is 0 Å². The van der Waals surface area contributed by atoms with E-state index in [1.807, 2.05) is 6.92 Å². The number of hydrogen-bond acceptors (Lipinski definition) is 1. The molecule has 0 heterocycles. The summed E-state index contributed by atoms with van der Waals surface area (Å²) < 4.78 is 13.5. The van der Waals surface area contributed by atoms with Gasteiger partial charge in [-0.3, -0.25) is 4.79 Å². The van der Waals surface area contributed by atoms with Crippen LogP contribution in [-0.2, 0) is 6.42 Å². The monoisotopic (exact) mass is 206 g/mol. The lowest BCUT2D eigenvalue weighted by Crippen LogP contribution is -2.07. The normalized spacial score (nSPS) is 16.1. The molecule has 1 aliphatic carbocycles. The predicted octanol–water partition coefficient (Wildman–Crippen LogP) is 3.35. The van der Waals surface area contributed by atoms with E-state index in [2.05, 4.69) is 0 Å². The first-order chi connectivity index (χ1) is 7.11. The third-order valence-corrected chi connectivity index (χ3v) is 3.21. The fourth-order valence-corrected chi connectivity index (χ4v) is 2.34. The van der Waals surface area contributed by atoms with Crippen LogP contribution in [0, 0.1) is 19.7 Å². The highest BCUT2D eigenvalue weighted by Crippen LogP contribution is 2.28. The maximum atomic E-state index is 13.5. The van der Waals surface area contributed by atoms with Crippen molar-refractivity contribution in [2.45, 2.75) is 39.5 Å². The number of halogens is 1. The van der Waals surface area contributed by atoms with Crippen molar-refractivity contribution in [3.63, 3.8) is 0 Å². The molecule has 0 saturated heterocycles. The summed E-state index contributed by atoms with van der Waals surface area (Å²) in [6.07, 6.45) is 3.43. The molecule has 0 N–H and O–H groups in total. The first-order valence-corrected chi connectivity index (χ1v) is 5.43. The second kappa shape index (κ2) is 3.76. The van der Waals surface area contributed by atoms with Crippen molar-refractivity contribution in [2.24, 2.45) is 0 Å². The number of benzene rings is 1. The Balaban J connectivity index is 2.69. The van der Waals surface area contributed by atoms with Gasteiger partial charge in [-0.15, -0.1) is 0 Å². The highest BCUT2D eigenvalue weighted by atomic mass is 19.1. The van der Waals surface area contributed by atoms with Gasteiger partial charge in [0.05, 0.1) is 0 Å². The molecule has 1 nitrogen and oxygen atoms in total. The lowest BCUT2D eigenvalue weighted by molar-refractivity contribution is 0.0981. The molecular formula is C13H15FO. The van der Waals surface area contributed by atoms with E-state index in [1.165, 1.54) is 0 Å². The Hall–Kier alpha value is -1.18. The summed E-state index contributed by atoms with van der Waals surface area (Å²) in [5.41, 5.74) is 3.17. The van der Waals surface area contributed by atoms with Crippen molar-refractivity contribution >= 4 is 5.78 Å². The molecule has 0 saturated carbocycles. The molecule has 0 spiro atoms. The molecular weight excluding hydrogens is 191 g/mol. The number of ketones is 1. The Morgan fingerprint density at radius 3 is 2.60 bits per heavy atom. The van der Waals surface area contributed by atoms with Crippen LogP contribution in [0.4, 0.5) is 4.39 Å². The zero-order valence-electron chi connectivity index (χ0n) is 9.19. The van der Waals surface area contributed by atoms with Gasteiger partial charge in [0, 0.05) is 12.0 Å². The highest BCUT2D eigenvalue weighted by molar-refractivity contribution is 5.99. The van der Waals surface area contributed by atoms with Crippen LogP contribution in [0.2, 0.25) is 0 Å². The lowest BCUT2D eigenvalue weighted by atomic mass is 9.93. The van der Waals surface area contributed by atoms with E-state index in [0.29, 0.717) is 17.5 Å². The largest absolute Gasteiger partial charge is 0.294 e. The molecule has 2 rings (SSSR count). The quantitative estimate of drug-likeness (QED) is 0.595. The van der Waals surface area contributed by atoms with Crippen molar-refractivity contribution in [3.8, 4) is 0 Å². The number of aryl methyl sites for hydroxylation is 1. The number of carbonyl (C=O) groups excluding carboxylic acids is 1. The van der Waals surface area contributed by atoms with Crippen LogP contribution in [0.1, 0.15) is 46.3 Å². The van der Waals surface area contributed by atoms with Crippen LogP contribution < -0.4 is 0 Å². The molecule has 0 atom stereocenters. The van der Waals surface area contributed by atoms with Crippen molar-refractivity contribution in [1.82, 2.24) is 0 Å². The van der Waals surface area contributed by atoms with Gasteiger partial charge < -0.3 is 0 Å². The Morgan fingerprint density at radius 2 is 1.87 bits per heavy atom. The molecule has 1 aromatic rings. The van der Waals surface area contributed by atoms with E-state index in [-0.39, 0.29) is 11.6 Å². The van der Waals surface area contributed by atoms with E-state index in [4.69, 9.17) is 0 Å². The van der Waals surface area contributed by atoms with Crippen molar-refractivity contribution in [2.75, 3.05) is 0 Å². The average molecular weight is 206 g/mol. The fourth-order valence-electron chi connectivity index (χ4n) is 2.34. The maximum Gasteiger partial charge on any atom is 0.163 e. The van der Waals surface area contributed by atoms with Gasteiger partial charge in [0.15, 0.2) is 5.78 Å². The standard InChI is InChI=1S/C13H15FO/c1-8-7-11(14)9(2)13-10(8)5-3-4-6-12(13)15/h7H,3-6H2,1-2H3. The molecule has 0 unspecified atom stereocenters. The van der Waals surface area contributed by atoms with Gasteiger partial charge in [-0.05, 0) is 55.9 Å². The number of Topliss-reactive ketones (excluding diaryl/α,β-unsaturated/α-hetero) is 1. The molecule has 1 aliphatic rings. The van der Waals surface area contributed by atoms with E-state index >= 15 is 0 Å². The van der Waals surface area contributed by atoms with Crippen LogP contribution >= 0.6 is 0 Å². The summed E-state index contributed by atoms with van der Waals surface area (Å²) >= 11 is 0. The van der Waals surface area contributed by atoms with Gasteiger partial charge in [-0.2, -0.15) is 0 Å². The zero-order chi connectivity index (χ0) is 11.0. The molecule has 2 heteroatoms. The van der Waals surface area contributed by atoms with E-state index in [1.54, 1.807) is 13.0 Å². The zero-order valence-corrected chi connectivity index (χ0v) is 9.19. The predicted molar refractivity (Wildman–Crippen MR) is 57.8 cm³/mol. The van der Waals surface area contributed by atoms with E-state index in [0.717, 1.165) is 30.4 Å². The Bertz CT molecular complexity index is 421. The molecule has 1 aromatic carbocycles. The molecule has 15 heavy (non-hydrogen) atoms. The molecule has 0 fully saturated rings. The summed E-state index contributed by atoms with van der Waals surface area (Å²) in [5, 5.41) is 0. The van der Waals surface area contributed by atoms with Crippen LogP contribution in [-0.4, -0.2) is 5.78 Å². The SMILES string of the molecule is Cc1cc(F)c(C)c2c1CCCCC2=O. The van der Waals surface area contributed by atoms with Gasteiger partial charge in [-0.1, -0.05) is 0 Å². The van der Waals surface area contributed by atoms with Gasteiger partial charge in [-0.25, -0.2) is 4.39 Å². The average Bonchev–Trinajstić information content (AvgIpc) is 2.37. The van der Waals surface area contributed by atoms with Crippen molar-refractivity contribution < 1.29 is 9.18 Å². The maximum absolute atomic E-state index is 13.5. The molecule has 0 aliphatic heterocycles. The molecule has 0 amide bonds. The minimum Gasteiger partial charge on any atom is -0.294 e. The fraction of sp³-hybridized carbons (Fsp3) is 0.462. The molecule has 0 bridgehead atoms.